The monoisotopic (exact) mass is 845 g/mol. The number of ether oxygens (including phenoxy) is 4. The van der Waals surface area contributed by atoms with Gasteiger partial charge in [-0.2, -0.15) is 9.61 Å². The Bertz CT molecular complexity index is 1910. The molecule has 2 bridgehead atoms. The first kappa shape index (κ1) is 45.1. The van der Waals surface area contributed by atoms with E-state index in [1.807, 2.05) is 69.3 Å². The normalized spacial score (nSPS) is 19.9. The van der Waals surface area contributed by atoms with Gasteiger partial charge >= 0.3 is 12.2 Å². The fraction of sp³-hybridized carbons (Fsp3) is 0.698. The van der Waals surface area contributed by atoms with Gasteiger partial charge in [0, 0.05) is 76.4 Å². The van der Waals surface area contributed by atoms with Gasteiger partial charge in [0.25, 0.3) is 0 Å². The molecule has 5 heterocycles. The van der Waals surface area contributed by atoms with Crippen LogP contribution >= 0.6 is 0 Å². The van der Waals surface area contributed by atoms with Crippen LogP contribution in [-0.4, -0.2) is 117 Å². The zero-order valence-electron chi connectivity index (χ0n) is 37.8. The van der Waals surface area contributed by atoms with E-state index in [9.17, 15) is 9.59 Å². The third-order valence-corrected chi connectivity index (χ3v) is 14.4. The van der Waals surface area contributed by atoms with Crippen LogP contribution < -0.4 is 15.3 Å². The molecule has 2 aliphatic heterocycles. The van der Waals surface area contributed by atoms with Crippen LogP contribution in [0.25, 0.3) is 16.8 Å². The van der Waals surface area contributed by atoms with Crippen molar-refractivity contribution in [1.29, 1.82) is 0 Å². The highest BCUT2D eigenvalue weighted by atomic mass is 28.3. The molecule has 0 spiro atoms. The Balaban J connectivity index is 1.39. The molecule has 3 aromatic heterocycles. The highest BCUT2D eigenvalue weighted by Crippen LogP contribution is 2.44. The Morgan fingerprint density at radius 2 is 1.41 bits per heavy atom. The van der Waals surface area contributed by atoms with E-state index in [1.54, 1.807) is 11.1 Å². The van der Waals surface area contributed by atoms with Gasteiger partial charge in [-0.1, -0.05) is 39.3 Å². The van der Waals surface area contributed by atoms with Crippen LogP contribution in [0.2, 0.25) is 51.4 Å². The maximum Gasteiger partial charge on any atom is 0.416 e. The van der Waals surface area contributed by atoms with Crippen molar-refractivity contribution < 1.29 is 28.5 Å². The third-order valence-electron chi connectivity index (χ3n) is 11.0. The number of aromatic nitrogens is 4. The number of piperidine rings is 1. The summed E-state index contributed by atoms with van der Waals surface area (Å²) in [5.74, 6) is 1.22. The molecule has 0 N–H and O–H groups in total. The fourth-order valence-electron chi connectivity index (χ4n) is 7.87. The van der Waals surface area contributed by atoms with Crippen LogP contribution in [-0.2, 0) is 18.9 Å². The van der Waals surface area contributed by atoms with Gasteiger partial charge in [0.2, 0.25) is 0 Å². The summed E-state index contributed by atoms with van der Waals surface area (Å²) in [6, 6.07) is 6.02. The van der Waals surface area contributed by atoms with Crippen molar-refractivity contribution in [2.24, 2.45) is 0 Å². The van der Waals surface area contributed by atoms with Gasteiger partial charge in [0.15, 0.2) is 5.65 Å². The molecular weight excluding hydrogens is 777 g/mol. The second kappa shape index (κ2) is 17.5. The second-order valence-corrected chi connectivity index (χ2v) is 32.4. The van der Waals surface area contributed by atoms with Crippen molar-refractivity contribution in [2.75, 3.05) is 36.5 Å². The number of hydrogen-bond donors (Lipinski definition) is 0. The Hall–Kier alpha value is -3.47. The Morgan fingerprint density at radius 3 is 1.90 bits per heavy atom. The van der Waals surface area contributed by atoms with Crippen molar-refractivity contribution in [3.8, 4) is 11.1 Å². The number of anilines is 2. The molecule has 2 amide bonds. The molecule has 2 radical (unpaired) electrons. The smallest absolute Gasteiger partial charge is 0.416 e. The maximum atomic E-state index is 13.4. The Kier molecular flexibility index (Phi) is 13.4. The van der Waals surface area contributed by atoms with Crippen LogP contribution in [0.3, 0.4) is 0 Å². The highest BCUT2D eigenvalue weighted by Gasteiger charge is 2.46. The second-order valence-electron chi connectivity index (χ2n) is 21.2. The van der Waals surface area contributed by atoms with E-state index in [-0.39, 0.29) is 43.6 Å². The summed E-state index contributed by atoms with van der Waals surface area (Å²) in [4.78, 5) is 42.6. The lowest BCUT2D eigenvalue weighted by atomic mass is 9.81. The molecule has 1 saturated carbocycles. The van der Waals surface area contributed by atoms with Crippen molar-refractivity contribution in [3.05, 3.63) is 30.2 Å². The largest absolute Gasteiger partial charge is 0.444 e. The topological polar surface area (TPSA) is 124 Å². The lowest BCUT2D eigenvalue weighted by Gasteiger charge is -2.40. The first-order valence-corrected chi connectivity index (χ1v) is 29.0. The number of hydrogen-bond acceptors (Lipinski definition) is 10. The molecule has 3 fully saturated rings. The van der Waals surface area contributed by atoms with Crippen LogP contribution in [0.15, 0.2) is 24.5 Å². The van der Waals surface area contributed by atoms with Crippen molar-refractivity contribution >= 4 is 58.9 Å². The van der Waals surface area contributed by atoms with Crippen LogP contribution in [0.4, 0.5) is 21.2 Å². The number of amides is 2. The fourth-order valence-corrected chi connectivity index (χ4v) is 9.38. The molecule has 13 nitrogen and oxygen atoms in total. The van der Waals surface area contributed by atoms with Gasteiger partial charge in [-0.3, -0.25) is 4.90 Å². The zero-order valence-corrected chi connectivity index (χ0v) is 39.8. The SMILES string of the molecule is [B]c1c(C2CC3CCC(C2)N3C(=O)OC(C)(C)C)nc2c(-c3ccc(N(C(=O)OC(C)(C)C)C4CC4)nc3)cnn2c1N(COCC[Si](C)(C)C)COCC[Si](C)(C)C. The van der Waals surface area contributed by atoms with E-state index in [2.05, 4.69) is 44.2 Å². The lowest BCUT2D eigenvalue weighted by molar-refractivity contribution is 0.00570. The quantitative estimate of drug-likeness (QED) is 0.0835. The first-order chi connectivity index (χ1) is 27.5. The average molecular weight is 846 g/mol. The molecule has 16 heteroatoms. The van der Waals surface area contributed by atoms with Gasteiger partial charge in [-0.25, -0.2) is 19.6 Å². The average Bonchev–Trinajstić information content (AvgIpc) is 3.78. The Labute approximate surface area is 355 Å². The van der Waals surface area contributed by atoms with Gasteiger partial charge in [-0.05, 0) is 110 Å². The minimum Gasteiger partial charge on any atom is -0.444 e. The number of rotatable bonds is 15. The van der Waals surface area contributed by atoms with Crippen LogP contribution in [0.1, 0.15) is 91.7 Å². The predicted octanol–water partition coefficient (Wildman–Crippen LogP) is 8.57. The van der Waals surface area contributed by atoms with Crippen LogP contribution in [0.5, 0.6) is 0 Å². The van der Waals surface area contributed by atoms with Crippen molar-refractivity contribution in [2.45, 2.75) is 167 Å². The molecular formula is C43H68BN7O6Si2. The van der Waals surface area contributed by atoms with Crippen LogP contribution in [0, 0.1) is 0 Å². The van der Waals surface area contributed by atoms with Crippen molar-refractivity contribution in [3.63, 3.8) is 0 Å². The molecule has 2 saturated heterocycles. The Morgan fingerprint density at radius 1 is 0.831 bits per heavy atom. The highest BCUT2D eigenvalue weighted by molar-refractivity contribution is 6.76. The molecule has 1 aliphatic carbocycles. The summed E-state index contributed by atoms with van der Waals surface area (Å²) in [5, 5.41) is 4.93. The standard InChI is InChI=1S/C43H68BN7O6Si2/c1-42(2,3)56-40(52)49-32-16-17-33(49)24-30(23-32)37-36(44)39(48(27-54-19-21-58(7,8)9)28-55-20-22-59(10,11)12)51-38(47-37)34(26-46-51)29-13-18-35(45-25-29)50(31-14-15-31)41(53)57-43(4,5)6/h13,18,25-26,30-33H,14-17,19-24,27-28H2,1-12H3. The van der Waals surface area contributed by atoms with E-state index in [4.69, 9.17) is 41.9 Å². The number of nitrogens with zero attached hydrogens (tertiary/aromatic N) is 7. The third kappa shape index (κ3) is 11.7. The van der Waals surface area contributed by atoms with E-state index in [0.717, 1.165) is 67.4 Å². The predicted molar refractivity (Wildman–Crippen MR) is 241 cm³/mol. The molecule has 3 aliphatic rings. The van der Waals surface area contributed by atoms with Gasteiger partial charge in [0.1, 0.15) is 44.1 Å². The molecule has 59 heavy (non-hydrogen) atoms. The van der Waals surface area contributed by atoms with E-state index in [0.29, 0.717) is 36.0 Å². The summed E-state index contributed by atoms with van der Waals surface area (Å²) in [6.07, 6.45) is 8.03. The molecule has 6 rings (SSSR count). The molecule has 2 atom stereocenters. The van der Waals surface area contributed by atoms with E-state index < -0.39 is 33.4 Å². The number of carbonyl (C=O) groups is 2. The summed E-state index contributed by atoms with van der Waals surface area (Å²) in [6.45, 7) is 27.2. The van der Waals surface area contributed by atoms with Gasteiger partial charge in [-0.15, -0.1) is 0 Å². The van der Waals surface area contributed by atoms with Gasteiger partial charge < -0.3 is 28.7 Å². The zero-order chi connectivity index (χ0) is 43.1. The summed E-state index contributed by atoms with van der Waals surface area (Å²) in [7, 11) is 4.61. The van der Waals surface area contributed by atoms with Gasteiger partial charge in [0.05, 0.1) is 6.20 Å². The minimum atomic E-state index is -1.34. The molecule has 0 aromatic carbocycles. The molecule has 3 aromatic rings. The van der Waals surface area contributed by atoms with Crippen molar-refractivity contribution in [1.82, 2.24) is 24.5 Å². The number of fused-ring (bicyclic) bond motifs is 3. The van der Waals surface area contributed by atoms with E-state index >= 15 is 0 Å². The number of pyridine rings is 1. The minimum absolute atomic E-state index is 0.00147. The summed E-state index contributed by atoms with van der Waals surface area (Å²) < 4.78 is 26.2. The van der Waals surface area contributed by atoms with E-state index in [1.165, 1.54) is 0 Å². The molecule has 322 valence electrons. The first-order valence-electron chi connectivity index (χ1n) is 21.6. The number of carbonyl (C=O) groups excluding carboxylic acids is 2. The summed E-state index contributed by atoms with van der Waals surface area (Å²) >= 11 is 0. The maximum absolute atomic E-state index is 13.4. The lowest BCUT2D eigenvalue weighted by Crippen LogP contribution is -2.48. The molecule has 2 unspecified atom stereocenters. The summed E-state index contributed by atoms with van der Waals surface area (Å²) in [5.41, 5.74) is 2.37.